The van der Waals surface area contributed by atoms with Gasteiger partial charge in [0.05, 0.1) is 11.3 Å². The predicted octanol–water partition coefficient (Wildman–Crippen LogP) is 4.02. The third-order valence-electron chi connectivity index (χ3n) is 3.64. The third-order valence-corrected chi connectivity index (χ3v) is 4.46. The summed E-state index contributed by atoms with van der Waals surface area (Å²) in [6.45, 7) is 0. The van der Waals surface area contributed by atoms with Crippen LogP contribution in [-0.2, 0) is 4.79 Å². The van der Waals surface area contributed by atoms with Gasteiger partial charge < -0.3 is 9.73 Å². The van der Waals surface area contributed by atoms with Gasteiger partial charge in [-0.05, 0) is 36.4 Å². The highest BCUT2D eigenvalue weighted by Crippen LogP contribution is 2.25. The molecular weight excluding hydrogens is 348 g/mol. The van der Waals surface area contributed by atoms with Crippen LogP contribution in [0.2, 0.25) is 0 Å². The maximum atomic E-state index is 12.0. The number of anilines is 1. The summed E-state index contributed by atoms with van der Waals surface area (Å²) in [4.78, 5) is 16.3. The number of nitrogens with zero attached hydrogens (tertiary/aromatic N) is 3. The number of fused-ring (bicyclic) bond motifs is 1. The van der Waals surface area contributed by atoms with E-state index in [0.29, 0.717) is 11.1 Å². The van der Waals surface area contributed by atoms with Crippen LogP contribution in [0.15, 0.2) is 76.5 Å². The number of benzene rings is 2. The normalized spacial score (nSPS) is 10.8. The Morgan fingerprint density at radius 2 is 1.92 bits per heavy atom. The monoisotopic (exact) mass is 362 g/mol. The van der Waals surface area contributed by atoms with E-state index in [1.807, 2.05) is 60.7 Å². The fourth-order valence-electron chi connectivity index (χ4n) is 2.44. The van der Waals surface area contributed by atoms with Crippen molar-refractivity contribution in [2.75, 3.05) is 11.1 Å². The topological polar surface area (TPSA) is 80.9 Å². The summed E-state index contributed by atoms with van der Waals surface area (Å²) >= 11 is 1.20. The van der Waals surface area contributed by atoms with E-state index in [9.17, 15) is 4.79 Å². The minimum Gasteiger partial charge on any atom is -0.411 e. The van der Waals surface area contributed by atoms with Crippen LogP contribution in [-0.4, -0.2) is 26.8 Å². The number of carbonyl (C=O) groups excluding carboxylic acids is 1. The molecule has 0 fully saturated rings. The van der Waals surface area contributed by atoms with Gasteiger partial charge in [0, 0.05) is 22.8 Å². The SMILES string of the molecule is O=C(CSc1nnc(-c2ccc3ncccc3c2)o1)Nc1ccccc1. The summed E-state index contributed by atoms with van der Waals surface area (Å²) in [7, 11) is 0. The van der Waals surface area contributed by atoms with Crippen molar-refractivity contribution in [1.82, 2.24) is 15.2 Å². The average Bonchev–Trinajstić information content (AvgIpc) is 3.16. The molecule has 0 saturated carbocycles. The van der Waals surface area contributed by atoms with Crippen LogP contribution in [0, 0.1) is 0 Å². The lowest BCUT2D eigenvalue weighted by Gasteiger charge is -2.02. The van der Waals surface area contributed by atoms with Crippen LogP contribution in [0.1, 0.15) is 0 Å². The van der Waals surface area contributed by atoms with Crippen molar-refractivity contribution in [1.29, 1.82) is 0 Å². The molecular formula is C19H14N4O2S. The molecule has 26 heavy (non-hydrogen) atoms. The quantitative estimate of drug-likeness (QED) is 0.540. The van der Waals surface area contributed by atoms with Gasteiger partial charge in [-0.1, -0.05) is 36.0 Å². The molecule has 2 aromatic carbocycles. The lowest BCUT2D eigenvalue weighted by Crippen LogP contribution is -2.13. The van der Waals surface area contributed by atoms with E-state index in [-0.39, 0.29) is 11.7 Å². The number of hydrogen-bond donors (Lipinski definition) is 1. The molecule has 2 aromatic heterocycles. The molecule has 7 heteroatoms. The van der Waals surface area contributed by atoms with E-state index in [4.69, 9.17) is 4.42 Å². The Hall–Kier alpha value is -3.19. The van der Waals surface area contributed by atoms with Crippen molar-refractivity contribution in [3.63, 3.8) is 0 Å². The Balaban J connectivity index is 1.41. The Labute approximate surface area is 153 Å². The number of hydrogen-bond acceptors (Lipinski definition) is 6. The number of para-hydroxylation sites is 1. The smallest absolute Gasteiger partial charge is 0.277 e. The predicted molar refractivity (Wildman–Crippen MR) is 101 cm³/mol. The number of pyridine rings is 1. The zero-order valence-corrected chi connectivity index (χ0v) is 14.4. The fraction of sp³-hybridized carbons (Fsp3) is 0.0526. The minimum absolute atomic E-state index is 0.127. The maximum Gasteiger partial charge on any atom is 0.277 e. The third kappa shape index (κ3) is 3.73. The zero-order chi connectivity index (χ0) is 17.8. The molecule has 0 spiro atoms. The van der Waals surface area contributed by atoms with Crippen LogP contribution < -0.4 is 5.32 Å². The number of carbonyl (C=O) groups is 1. The Morgan fingerprint density at radius 1 is 1.04 bits per heavy atom. The molecule has 1 amide bonds. The Bertz CT molecular complexity index is 1050. The standard InChI is InChI=1S/C19H14N4O2S/c24-17(21-15-6-2-1-3-7-15)12-26-19-23-22-18(25-19)14-8-9-16-13(11-14)5-4-10-20-16/h1-11H,12H2,(H,21,24). The number of thioether (sulfide) groups is 1. The summed E-state index contributed by atoms with van der Waals surface area (Å²) < 4.78 is 5.66. The van der Waals surface area contributed by atoms with Gasteiger partial charge in [0.1, 0.15) is 0 Å². The van der Waals surface area contributed by atoms with Crippen molar-refractivity contribution in [3.8, 4) is 11.5 Å². The highest BCUT2D eigenvalue weighted by Gasteiger charge is 2.12. The van der Waals surface area contributed by atoms with Gasteiger partial charge in [-0.15, -0.1) is 10.2 Å². The van der Waals surface area contributed by atoms with Gasteiger partial charge in [0.25, 0.3) is 5.22 Å². The molecule has 4 aromatic rings. The van der Waals surface area contributed by atoms with E-state index >= 15 is 0 Å². The van der Waals surface area contributed by atoms with E-state index in [1.165, 1.54) is 11.8 Å². The largest absolute Gasteiger partial charge is 0.411 e. The summed E-state index contributed by atoms with van der Waals surface area (Å²) in [5, 5.41) is 12.2. The lowest BCUT2D eigenvalue weighted by atomic mass is 10.1. The number of amides is 1. The second kappa shape index (κ2) is 7.37. The van der Waals surface area contributed by atoms with Crippen molar-refractivity contribution in [2.24, 2.45) is 0 Å². The molecule has 0 saturated heterocycles. The molecule has 0 aliphatic rings. The fourth-order valence-corrected chi connectivity index (χ4v) is 3.00. The van der Waals surface area contributed by atoms with Crippen molar-refractivity contribution in [2.45, 2.75) is 5.22 Å². The average molecular weight is 362 g/mol. The number of nitrogens with one attached hydrogen (secondary N) is 1. The van der Waals surface area contributed by atoms with Crippen LogP contribution >= 0.6 is 11.8 Å². The van der Waals surface area contributed by atoms with Gasteiger partial charge in [0.2, 0.25) is 11.8 Å². The second-order valence-corrected chi connectivity index (χ2v) is 6.41. The van der Waals surface area contributed by atoms with Crippen LogP contribution in [0.25, 0.3) is 22.4 Å². The molecule has 4 rings (SSSR count). The van der Waals surface area contributed by atoms with Crippen LogP contribution in [0.5, 0.6) is 0 Å². The first kappa shape index (κ1) is 16.3. The summed E-state index contributed by atoms with van der Waals surface area (Å²) in [6, 6.07) is 18.9. The minimum atomic E-state index is -0.127. The zero-order valence-electron chi connectivity index (χ0n) is 13.6. The Kier molecular flexibility index (Phi) is 4.61. The van der Waals surface area contributed by atoms with Crippen molar-refractivity contribution < 1.29 is 9.21 Å². The molecule has 0 bridgehead atoms. The van der Waals surface area contributed by atoms with E-state index < -0.39 is 0 Å². The number of aromatic nitrogens is 3. The molecule has 0 aliphatic heterocycles. The van der Waals surface area contributed by atoms with Crippen LogP contribution in [0.3, 0.4) is 0 Å². The lowest BCUT2D eigenvalue weighted by molar-refractivity contribution is -0.113. The van der Waals surface area contributed by atoms with Gasteiger partial charge in [-0.25, -0.2) is 0 Å². The van der Waals surface area contributed by atoms with Gasteiger partial charge in [-0.3, -0.25) is 9.78 Å². The second-order valence-electron chi connectivity index (χ2n) is 5.49. The van der Waals surface area contributed by atoms with E-state index in [1.54, 1.807) is 6.20 Å². The molecule has 6 nitrogen and oxygen atoms in total. The maximum absolute atomic E-state index is 12.0. The van der Waals surface area contributed by atoms with Gasteiger partial charge in [0.15, 0.2) is 0 Å². The first-order chi connectivity index (χ1) is 12.8. The molecule has 0 unspecified atom stereocenters. The first-order valence-corrected chi connectivity index (χ1v) is 8.93. The summed E-state index contributed by atoms with van der Waals surface area (Å²) in [6.07, 6.45) is 1.75. The van der Waals surface area contributed by atoms with Crippen molar-refractivity contribution >= 4 is 34.3 Å². The molecule has 2 heterocycles. The summed E-state index contributed by atoms with van der Waals surface area (Å²) in [5.74, 6) is 0.484. The van der Waals surface area contributed by atoms with E-state index in [2.05, 4.69) is 20.5 Å². The van der Waals surface area contributed by atoms with Crippen LogP contribution in [0.4, 0.5) is 5.69 Å². The highest BCUT2D eigenvalue weighted by molar-refractivity contribution is 7.99. The van der Waals surface area contributed by atoms with Gasteiger partial charge in [-0.2, -0.15) is 0 Å². The first-order valence-electron chi connectivity index (χ1n) is 7.94. The molecule has 0 atom stereocenters. The molecule has 0 aliphatic carbocycles. The van der Waals surface area contributed by atoms with Crippen molar-refractivity contribution in [3.05, 3.63) is 66.9 Å². The molecule has 0 radical (unpaired) electrons. The Morgan fingerprint density at radius 3 is 2.81 bits per heavy atom. The van der Waals surface area contributed by atoms with E-state index in [0.717, 1.165) is 22.2 Å². The summed E-state index contributed by atoms with van der Waals surface area (Å²) in [5.41, 5.74) is 2.48. The molecule has 128 valence electrons. The highest BCUT2D eigenvalue weighted by atomic mass is 32.2. The number of rotatable bonds is 5. The molecule has 1 N–H and O–H groups in total. The van der Waals surface area contributed by atoms with Gasteiger partial charge >= 0.3 is 0 Å².